The number of unbranched alkanes of at least 4 members (excludes halogenated alkanes) is 2. The fourth-order valence-electron chi connectivity index (χ4n) is 1.57. The van der Waals surface area contributed by atoms with Crippen LogP contribution in [0.1, 0.15) is 44.9 Å². The fourth-order valence-corrected chi connectivity index (χ4v) is 1.57. The van der Waals surface area contributed by atoms with Crippen LogP contribution < -0.4 is 10.6 Å². The number of carbonyl (C=O) groups is 2. The summed E-state index contributed by atoms with van der Waals surface area (Å²) in [5.74, 6) is -0.754. The highest BCUT2D eigenvalue weighted by Crippen LogP contribution is 2.17. The van der Waals surface area contributed by atoms with E-state index in [0.717, 1.165) is 25.7 Å². The van der Waals surface area contributed by atoms with Gasteiger partial charge in [-0.15, -0.1) is 0 Å². The number of nitrogens with one attached hydrogen (secondary N) is 2. The molecule has 1 saturated carbocycles. The fraction of sp³-hybridized carbons (Fsp3) is 0.818. The van der Waals surface area contributed by atoms with Crippen LogP contribution in [0.2, 0.25) is 0 Å². The Morgan fingerprint density at radius 2 is 1.94 bits per heavy atom. The molecule has 0 aliphatic heterocycles. The van der Waals surface area contributed by atoms with Crippen molar-refractivity contribution in [3.8, 4) is 0 Å². The lowest BCUT2D eigenvalue weighted by Crippen LogP contribution is -2.45. The van der Waals surface area contributed by atoms with Gasteiger partial charge in [-0.3, -0.25) is 4.79 Å². The van der Waals surface area contributed by atoms with Crippen molar-refractivity contribution in [2.45, 2.75) is 51.0 Å². The highest BCUT2D eigenvalue weighted by molar-refractivity contribution is 5.74. The molecule has 1 aliphatic carbocycles. The second-order valence-corrected chi connectivity index (χ2v) is 4.23. The summed E-state index contributed by atoms with van der Waals surface area (Å²) in [6.45, 7) is 0.623. The molecule has 0 aromatic rings. The summed E-state index contributed by atoms with van der Waals surface area (Å²) >= 11 is 0. The summed E-state index contributed by atoms with van der Waals surface area (Å²) in [6.07, 6.45) is 5.97. The molecule has 0 bridgehead atoms. The Hall–Kier alpha value is -1.26. The third-order valence-corrected chi connectivity index (χ3v) is 2.79. The predicted molar refractivity (Wildman–Crippen MR) is 60.3 cm³/mol. The third-order valence-electron chi connectivity index (χ3n) is 2.79. The molecule has 1 fully saturated rings. The van der Waals surface area contributed by atoms with Gasteiger partial charge < -0.3 is 15.7 Å². The van der Waals surface area contributed by atoms with Gasteiger partial charge in [0.05, 0.1) is 0 Å². The van der Waals surface area contributed by atoms with Crippen LogP contribution in [0.15, 0.2) is 0 Å². The first-order valence-electron chi connectivity index (χ1n) is 5.94. The summed E-state index contributed by atoms with van der Waals surface area (Å²) in [7, 11) is 0. The van der Waals surface area contributed by atoms with Crippen LogP contribution in [-0.2, 0) is 4.79 Å². The maximum Gasteiger partial charge on any atom is 0.315 e. The van der Waals surface area contributed by atoms with Gasteiger partial charge in [0, 0.05) is 19.0 Å². The van der Waals surface area contributed by atoms with Gasteiger partial charge in [0.25, 0.3) is 0 Å². The number of carboxylic acid groups (broad SMARTS) is 1. The van der Waals surface area contributed by atoms with E-state index in [1.807, 2.05) is 0 Å². The molecule has 0 aromatic carbocycles. The van der Waals surface area contributed by atoms with E-state index < -0.39 is 5.97 Å². The number of hydrogen-bond acceptors (Lipinski definition) is 2. The van der Waals surface area contributed by atoms with E-state index in [1.165, 1.54) is 6.42 Å². The van der Waals surface area contributed by atoms with Gasteiger partial charge in [0.1, 0.15) is 0 Å². The summed E-state index contributed by atoms with van der Waals surface area (Å²) < 4.78 is 0. The van der Waals surface area contributed by atoms with E-state index in [1.54, 1.807) is 0 Å². The van der Waals surface area contributed by atoms with Crippen molar-refractivity contribution in [2.75, 3.05) is 6.54 Å². The number of amides is 2. The van der Waals surface area contributed by atoms with E-state index in [-0.39, 0.29) is 12.5 Å². The van der Waals surface area contributed by atoms with Crippen molar-refractivity contribution in [1.82, 2.24) is 10.6 Å². The van der Waals surface area contributed by atoms with Crippen molar-refractivity contribution >= 4 is 12.0 Å². The molecule has 0 heterocycles. The largest absolute Gasteiger partial charge is 0.481 e. The minimum Gasteiger partial charge on any atom is -0.481 e. The monoisotopic (exact) mass is 228 g/mol. The van der Waals surface area contributed by atoms with Gasteiger partial charge in [-0.1, -0.05) is 6.42 Å². The van der Waals surface area contributed by atoms with Gasteiger partial charge in [-0.05, 0) is 32.1 Å². The Balaban J connectivity index is 1.86. The summed E-state index contributed by atoms with van der Waals surface area (Å²) in [6, 6.07) is 0.273. The quantitative estimate of drug-likeness (QED) is 0.577. The van der Waals surface area contributed by atoms with Gasteiger partial charge >= 0.3 is 12.0 Å². The highest BCUT2D eigenvalue weighted by atomic mass is 16.4. The molecule has 92 valence electrons. The lowest BCUT2D eigenvalue weighted by Gasteiger charge is -2.26. The average molecular weight is 228 g/mol. The molecule has 2 amide bonds. The molecular formula is C11H20N2O3. The summed E-state index contributed by atoms with van der Waals surface area (Å²) in [5, 5.41) is 14.1. The molecule has 0 aromatic heterocycles. The standard InChI is InChI=1S/C11H20N2O3/c14-10(15)7-2-1-3-8-12-11(16)13-9-5-4-6-9/h9H,1-8H2,(H,14,15)(H2,12,13,16). The number of rotatable bonds is 7. The number of hydrogen-bond donors (Lipinski definition) is 3. The maximum atomic E-state index is 11.3. The van der Waals surface area contributed by atoms with E-state index in [4.69, 9.17) is 5.11 Å². The Labute approximate surface area is 95.6 Å². The Kier molecular flexibility index (Phi) is 5.67. The van der Waals surface area contributed by atoms with Crippen LogP contribution in [-0.4, -0.2) is 29.7 Å². The number of carbonyl (C=O) groups excluding carboxylic acids is 1. The average Bonchev–Trinajstić information content (AvgIpc) is 2.17. The first-order chi connectivity index (χ1) is 7.68. The number of aliphatic carboxylic acids is 1. The molecule has 5 nitrogen and oxygen atoms in total. The molecule has 3 N–H and O–H groups in total. The second kappa shape index (κ2) is 7.09. The van der Waals surface area contributed by atoms with Crippen LogP contribution in [0.4, 0.5) is 4.79 Å². The molecule has 0 unspecified atom stereocenters. The Morgan fingerprint density at radius 3 is 2.50 bits per heavy atom. The van der Waals surface area contributed by atoms with E-state index >= 15 is 0 Å². The molecule has 0 atom stereocenters. The Bertz CT molecular complexity index is 239. The van der Waals surface area contributed by atoms with E-state index in [9.17, 15) is 9.59 Å². The van der Waals surface area contributed by atoms with Crippen molar-refractivity contribution in [1.29, 1.82) is 0 Å². The van der Waals surface area contributed by atoms with Crippen molar-refractivity contribution in [2.24, 2.45) is 0 Å². The normalized spacial score (nSPS) is 15.2. The molecule has 1 rings (SSSR count). The van der Waals surface area contributed by atoms with Crippen molar-refractivity contribution in [3.05, 3.63) is 0 Å². The second-order valence-electron chi connectivity index (χ2n) is 4.23. The highest BCUT2D eigenvalue weighted by Gasteiger charge is 2.18. The van der Waals surface area contributed by atoms with Crippen LogP contribution in [0, 0.1) is 0 Å². The number of carboxylic acids is 1. The zero-order chi connectivity index (χ0) is 11.8. The predicted octanol–water partition coefficient (Wildman–Crippen LogP) is 1.48. The van der Waals surface area contributed by atoms with Crippen LogP contribution in [0.25, 0.3) is 0 Å². The topological polar surface area (TPSA) is 78.4 Å². The zero-order valence-electron chi connectivity index (χ0n) is 9.50. The lowest BCUT2D eigenvalue weighted by molar-refractivity contribution is -0.137. The lowest BCUT2D eigenvalue weighted by atomic mass is 9.93. The summed E-state index contributed by atoms with van der Waals surface area (Å²) in [5.41, 5.74) is 0. The molecular weight excluding hydrogens is 208 g/mol. The zero-order valence-corrected chi connectivity index (χ0v) is 9.50. The molecule has 16 heavy (non-hydrogen) atoms. The number of urea groups is 1. The van der Waals surface area contributed by atoms with Gasteiger partial charge in [-0.2, -0.15) is 0 Å². The summed E-state index contributed by atoms with van der Waals surface area (Å²) in [4.78, 5) is 21.5. The minimum atomic E-state index is -0.754. The minimum absolute atomic E-state index is 0.0945. The molecule has 0 saturated heterocycles. The Morgan fingerprint density at radius 1 is 1.19 bits per heavy atom. The first-order valence-corrected chi connectivity index (χ1v) is 5.94. The van der Waals surface area contributed by atoms with Crippen LogP contribution >= 0.6 is 0 Å². The van der Waals surface area contributed by atoms with Gasteiger partial charge in [0.15, 0.2) is 0 Å². The molecule has 0 spiro atoms. The molecule has 1 aliphatic rings. The SMILES string of the molecule is O=C(O)CCCCCNC(=O)NC1CCC1. The molecule has 0 radical (unpaired) electrons. The van der Waals surface area contributed by atoms with Crippen molar-refractivity contribution < 1.29 is 14.7 Å². The molecule has 5 heteroatoms. The van der Waals surface area contributed by atoms with Crippen LogP contribution in [0.5, 0.6) is 0 Å². The first kappa shape index (κ1) is 12.8. The third kappa shape index (κ3) is 5.58. The van der Waals surface area contributed by atoms with Crippen molar-refractivity contribution in [3.63, 3.8) is 0 Å². The van der Waals surface area contributed by atoms with Crippen LogP contribution in [0.3, 0.4) is 0 Å². The van der Waals surface area contributed by atoms with E-state index in [0.29, 0.717) is 19.0 Å². The smallest absolute Gasteiger partial charge is 0.315 e. The van der Waals surface area contributed by atoms with Gasteiger partial charge in [-0.25, -0.2) is 4.79 Å². The van der Waals surface area contributed by atoms with Gasteiger partial charge in [0.2, 0.25) is 0 Å². The maximum absolute atomic E-state index is 11.3. The van der Waals surface area contributed by atoms with E-state index in [2.05, 4.69) is 10.6 Å².